The van der Waals surface area contributed by atoms with Crippen LogP contribution in [0.15, 0.2) is 30.6 Å². The molecule has 0 radical (unpaired) electrons. The summed E-state index contributed by atoms with van der Waals surface area (Å²) in [7, 11) is 0. The van der Waals surface area contributed by atoms with Crippen molar-refractivity contribution in [3.05, 3.63) is 52.3 Å². The Hall–Kier alpha value is -2.65. The minimum atomic E-state index is 0.0860. The van der Waals surface area contributed by atoms with E-state index in [2.05, 4.69) is 40.4 Å². The molecule has 3 aliphatic rings. The number of hydrogen-bond donors (Lipinski definition) is 2. The monoisotopic (exact) mass is 509 g/mol. The van der Waals surface area contributed by atoms with Gasteiger partial charge in [0.25, 0.3) is 0 Å². The molecule has 2 saturated heterocycles. The lowest BCUT2D eigenvalue weighted by Gasteiger charge is -2.39. The number of rotatable bonds is 3. The first-order valence-corrected chi connectivity index (χ1v) is 13.2. The number of H-pyrrole nitrogens is 1. The highest BCUT2D eigenvalue weighted by molar-refractivity contribution is 6.35. The van der Waals surface area contributed by atoms with E-state index in [-0.39, 0.29) is 18.2 Å². The van der Waals surface area contributed by atoms with Crippen LogP contribution in [0.1, 0.15) is 36.1 Å². The molecule has 3 aliphatic heterocycles. The van der Waals surface area contributed by atoms with Crippen molar-refractivity contribution in [1.29, 1.82) is 0 Å². The molecule has 0 spiro atoms. The zero-order chi connectivity index (χ0) is 24.6. The third kappa shape index (κ3) is 4.47. The number of carbonyl (C=O) groups is 1. The molecule has 2 amide bonds. The van der Waals surface area contributed by atoms with Crippen molar-refractivity contribution in [1.82, 2.24) is 25.1 Å². The number of aromatic amines is 1. The second-order valence-corrected chi connectivity index (χ2v) is 10.2. The van der Waals surface area contributed by atoms with Gasteiger partial charge in [0.05, 0.1) is 37.0 Å². The first kappa shape index (κ1) is 23.7. The molecule has 2 N–H and O–H groups in total. The fraction of sp³-hybridized carbons (Fsp3) is 0.481. The highest BCUT2D eigenvalue weighted by Gasteiger charge is 2.31. The number of ether oxygens (including phenoxy) is 2. The zero-order valence-electron chi connectivity index (χ0n) is 20.6. The van der Waals surface area contributed by atoms with Gasteiger partial charge in [-0.1, -0.05) is 24.6 Å². The summed E-state index contributed by atoms with van der Waals surface area (Å²) in [6.07, 6.45) is 5.53. The van der Waals surface area contributed by atoms with E-state index in [0.29, 0.717) is 51.0 Å². The van der Waals surface area contributed by atoms with E-state index in [0.717, 1.165) is 41.5 Å². The van der Waals surface area contributed by atoms with E-state index in [1.165, 1.54) is 16.7 Å². The van der Waals surface area contributed by atoms with E-state index < -0.39 is 0 Å². The van der Waals surface area contributed by atoms with Crippen molar-refractivity contribution < 1.29 is 14.3 Å². The molecular formula is C27H32ClN5O3. The third-order valence-electron chi connectivity index (χ3n) is 7.62. The van der Waals surface area contributed by atoms with Gasteiger partial charge >= 0.3 is 6.03 Å². The van der Waals surface area contributed by atoms with Crippen LogP contribution in [0.4, 0.5) is 4.79 Å². The van der Waals surface area contributed by atoms with Crippen molar-refractivity contribution in [2.75, 3.05) is 46.0 Å². The molecular weight excluding hydrogens is 478 g/mol. The Morgan fingerprint density at radius 2 is 2.11 bits per heavy atom. The number of aromatic nitrogens is 2. The minimum Gasteiger partial charge on any atom is -0.378 e. The maximum Gasteiger partial charge on any atom is 0.320 e. The number of amides is 2. The van der Waals surface area contributed by atoms with E-state index in [1.54, 1.807) is 6.20 Å². The molecule has 0 bridgehead atoms. The number of hydrogen-bond acceptors (Lipinski definition) is 5. The van der Waals surface area contributed by atoms with Crippen LogP contribution >= 0.6 is 11.6 Å². The van der Waals surface area contributed by atoms with Crippen LogP contribution in [-0.4, -0.2) is 77.9 Å². The van der Waals surface area contributed by atoms with E-state index in [9.17, 15) is 4.79 Å². The normalized spacial score (nSPS) is 22.6. The summed E-state index contributed by atoms with van der Waals surface area (Å²) in [5, 5.41) is 5.21. The van der Waals surface area contributed by atoms with Crippen LogP contribution in [0.25, 0.3) is 22.2 Å². The molecule has 6 rings (SSSR count). The van der Waals surface area contributed by atoms with E-state index in [1.807, 2.05) is 16.0 Å². The summed E-state index contributed by atoms with van der Waals surface area (Å²) in [4.78, 5) is 25.1. The van der Waals surface area contributed by atoms with Gasteiger partial charge in [-0.25, -0.2) is 9.78 Å². The molecule has 190 valence electrons. The Morgan fingerprint density at radius 3 is 2.94 bits per heavy atom. The Balaban J connectivity index is 1.34. The van der Waals surface area contributed by atoms with Crippen molar-refractivity contribution >= 4 is 28.7 Å². The lowest BCUT2D eigenvalue weighted by molar-refractivity contribution is -0.0209. The quantitative estimate of drug-likeness (QED) is 0.554. The van der Waals surface area contributed by atoms with Gasteiger partial charge < -0.3 is 29.6 Å². The Labute approximate surface area is 215 Å². The van der Waals surface area contributed by atoms with Gasteiger partial charge in [0.15, 0.2) is 0 Å². The number of carbonyl (C=O) groups excluding carboxylic acids is 1. The maximum absolute atomic E-state index is 13.5. The summed E-state index contributed by atoms with van der Waals surface area (Å²) < 4.78 is 11.6. The molecule has 0 unspecified atom stereocenters. The van der Waals surface area contributed by atoms with E-state index >= 15 is 0 Å². The van der Waals surface area contributed by atoms with Crippen LogP contribution in [0.5, 0.6) is 0 Å². The molecule has 0 aliphatic carbocycles. The summed E-state index contributed by atoms with van der Waals surface area (Å²) in [5.74, 6) is 0. The molecule has 9 heteroatoms. The number of urea groups is 1. The number of nitrogens with zero attached hydrogens (tertiary/aromatic N) is 3. The number of morpholine rings is 2. The summed E-state index contributed by atoms with van der Waals surface area (Å²) in [6, 6.07) is 6.79. The minimum absolute atomic E-state index is 0.0860. The third-order valence-corrected chi connectivity index (χ3v) is 7.94. The van der Waals surface area contributed by atoms with Gasteiger partial charge in [-0.15, -0.1) is 0 Å². The number of fused-ring (bicyclic) bond motifs is 2. The van der Waals surface area contributed by atoms with Gasteiger partial charge in [-0.05, 0) is 47.2 Å². The largest absolute Gasteiger partial charge is 0.378 e. The number of nitrogens with one attached hydrogen (secondary N) is 2. The summed E-state index contributed by atoms with van der Waals surface area (Å²) in [6.45, 7) is 7.49. The average molecular weight is 510 g/mol. The highest BCUT2D eigenvalue weighted by Crippen LogP contribution is 2.35. The Morgan fingerprint density at radius 1 is 1.19 bits per heavy atom. The van der Waals surface area contributed by atoms with Crippen LogP contribution < -0.4 is 5.32 Å². The number of pyridine rings is 1. The summed E-state index contributed by atoms with van der Waals surface area (Å²) >= 11 is 6.38. The van der Waals surface area contributed by atoms with Crippen LogP contribution in [0, 0.1) is 0 Å². The van der Waals surface area contributed by atoms with Crippen LogP contribution in [0.3, 0.4) is 0 Å². The molecule has 2 atom stereocenters. The van der Waals surface area contributed by atoms with Gasteiger partial charge in [-0.3, -0.25) is 0 Å². The molecule has 5 heterocycles. The second-order valence-electron chi connectivity index (χ2n) is 9.84. The smallest absolute Gasteiger partial charge is 0.320 e. The Bertz CT molecular complexity index is 1270. The standard InChI is InChI=1S/C27H32ClN5O3/c1-2-20-14-33(6-8-36-20)27(34)32-5-3-17-9-18(19-11-22-24(28)13-31-26(22)30-12-19)10-21(23(17)15-32)25-16-35-7-4-29-25/h9-13,20,25,29H,2-8,14-16H2,1H3,(H,30,31)/t20-,25+/m1/s1. The first-order chi connectivity index (χ1) is 17.6. The van der Waals surface area contributed by atoms with Gasteiger partial charge in [0.2, 0.25) is 0 Å². The lowest BCUT2D eigenvalue weighted by Crippen LogP contribution is -2.52. The maximum atomic E-state index is 13.5. The predicted octanol–water partition coefficient (Wildman–Crippen LogP) is 4.13. The predicted molar refractivity (Wildman–Crippen MR) is 139 cm³/mol. The molecule has 2 fully saturated rings. The molecule has 8 nitrogen and oxygen atoms in total. The molecule has 36 heavy (non-hydrogen) atoms. The molecule has 0 saturated carbocycles. The fourth-order valence-corrected chi connectivity index (χ4v) is 5.77. The SMILES string of the molecule is CC[C@@H]1CN(C(=O)N2CCc3cc(-c4cnc5[nH]cc(Cl)c5c4)cc([C@@H]4COCCN4)c3C2)CCO1. The van der Waals surface area contributed by atoms with Crippen LogP contribution in [-0.2, 0) is 22.4 Å². The van der Waals surface area contributed by atoms with Crippen LogP contribution in [0.2, 0.25) is 5.02 Å². The fourth-order valence-electron chi connectivity index (χ4n) is 5.57. The van der Waals surface area contributed by atoms with Crippen molar-refractivity contribution in [3.63, 3.8) is 0 Å². The number of halogens is 1. The van der Waals surface area contributed by atoms with Crippen molar-refractivity contribution in [3.8, 4) is 11.1 Å². The first-order valence-electron chi connectivity index (χ1n) is 12.9. The van der Waals surface area contributed by atoms with Gasteiger partial charge in [0, 0.05) is 56.1 Å². The molecule has 1 aromatic carbocycles. The molecule has 3 aromatic rings. The second kappa shape index (κ2) is 10.0. The van der Waals surface area contributed by atoms with Crippen molar-refractivity contribution in [2.45, 2.75) is 38.5 Å². The van der Waals surface area contributed by atoms with Gasteiger partial charge in [-0.2, -0.15) is 0 Å². The topological polar surface area (TPSA) is 82.7 Å². The Kier molecular flexibility index (Phi) is 6.60. The lowest BCUT2D eigenvalue weighted by atomic mass is 9.87. The average Bonchev–Trinajstić information content (AvgIpc) is 3.32. The molecule has 2 aromatic heterocycles. The summed E-state index contributed by atoms with van der Waals surface area (Å²) in [5.41, 5.74) is 6.65. The number of benzene rings is 1. The zero-order valence-corrected chi connectivity index (χ0v) is 21.3. The van der Waals surface area contributed by atoms with Gasteiger partial charge in [0.1, 0.15) is 5.65 Å². The van der Waals surface area contributed by atoms with Crippen molar-refractivity contribution in [2.24, 2.45) is 0 Å². The van der Waals surface area contributed by atoms with E-state index in [4.69, 9.17) is 21.1 Å². The highest BCUT2D eigenvalue weighted by atomic mass is 35.5.